The summed E-state index contributed by atoms with van der Waals surface area (Å²) in [7, 11) is 0. The lowest BCUT2D eigenvalue weighted by atomic mass is 10.1. The number of nitrogens with one attached hydrogen (secondary N) is 2. The van der Waals surface area contributed by atoms with Gasteiger partial charge in [-0.15, -0.1) is 0 Å². The van der Waals surface area contributed by atoms with E-state index in [1.807, 2.05) is 18.2 Å². The monoisotopic (exact) mass is 439 g/mol. The van der Waals surface area contributed by atoms with E-state index >= 15 is 0 Å². The molecule has 6 nitrogen and oxygen atoms in total. The van der Waals surface area contributed by atoms with Crippen LogP contribution in [0.15, 0.2) is 54.6 Å². The normalized spacial score (nSPS) is 21.7. The standard InChI is InChI=1S/C25H30FN3O3/c26-22-16-19(10-12-24(30)28-32-25-8-4-5-15-31-25)9-11-23(22)27-21-13-14-29(18-21)17-20-6-2-1-3-7-20/h1-3,6-7,9-12,16,21,25,27H,4-5,8,13-15,17-18H2,(H,28,30)/b12-10+/t21-,25?/m1/s1. The fourth-order valence-electron chi connectivity index (χ4n) is 4.04. The molecule has 0 radical (unpaired) electrons. The van der Waals surface area contributed by atoms with Crippen LogP contribution in [0.3, 0.4) is 0 Å². The Morgan fingerprint density at radius 2 is 2.06 bits per heavy atom. The van der Waals surface area contributed by atoms with Gasteiger partial charge in [-0.05, 0) is 48.6 Å². The van der Waals surface area contributed by atoms with E-state index in [-0.39, 0.29) is 11.9 Å². The molecule has 1 unspecified atom stereocenters. The smallest absolute Gasteiger partial charge is 0.267 e. The molecule has 0 saturated carbocycles. The molecule has 0 aliphatic carbocycles. The van der Waals surface area contributed by atoms with Crippen molar-refractivity contribution in [1.29, 1.82) is 0 Å². The van der Waals surface area contributed by atoms with Gasteiger partial charge in [-0.1, -0.05) is 36.4 Å². The van der Waals surface area contributed by atoms with E-state index < -0.39 is 12.2 Å². The molecule has 32 heavy (non-hydrogen) atoms. The Labute approximate surface area is 188 Å². The molecule has 2 fully saturated rings. The zero-order valence-electron chi connectivity index (χ0n) is 18.1. The number of anilines is 1. The summed E-state index contributed by atoms with van der Waals surface area (Å²) < 4.78 is 20.0. The van der Waals surface area contributed by atoms with Crippen molar-refractivity contribution in [3.8, 4) is 0 Å². The lowest BCUT2D eigenvalue weighted by Crippen LogP contribution is -2.32. The van der Waals surface area contributed by atoms with Gasteiger partial charge in [-0.3, -0.25) is 9.69 Å². The maximum atomic E-state index is 14.6. The first-order valence-electron chi connectivity index (χ1n) is 11.2. The Morgan fingerprint density at radius 3 is 2.84 bits per heavy atom. The topological polar surface area (TPSA) is 62.8 Å². The van der Waals surface area contributed by atoms with Crippen LogP contribution < -0.4 is 10.8 Å². The lowest BCUT2D eigenvalue weighted by molar-refractivity contribution is -0.198. The predicted octanol–water partition coefficient (Wildman–Crippen LogP) is 4.10. The van der Waals surface area contributed by atoms with E-state index in [0.717, 1.165) is 45.3 Å². The summed E-state index contributed by atoms with van der Waals surface area (Å²) in [6.07, 6.45) is 6.24. The molecule has 4 rings (SSSR count). The number of hydrogen-bond acceptors (Lipinski definition) is 5. The third-order valence-corrected chi connectivity index (χ3v) is 5.73. The van der Waals surface area contributed by atoms with Gasteiger partial charge in [0, 0.05) is 44.8 Å². The zero-order chi connectivity index (χ0) is 22.2. The van der Waals surface area contributed by atoms with Gasteiger partial charge in [-0.25, -0.2) is 14.7 Å². The molecule has 2 aromatic carbocycles. The average Bonchev–Trinajstić information content (AvgIpc) is 3.26. The van der Waals surface area contributed by atoms with E-state index in [1.165, 1.54) is 17.7 Å². The summed E-state index contributed by atoms with van der Waals surface area (Å²) in [6, 6.07) is 15.5. The van der Waals surface area contributed by atoms with E-state index in [1.54, 1.807) is 18.2 Å². The number of halogens is 1. The highest BCUT2D eigenvalue weighted by Crippen LogP contribution is 2.22. The summed E-state index contributed by atoms with van der Waals surface area (Å²) >= 11 is 0. The third kappa shape index (κ3) is 6.63. The number of carbonyl (C=O) groups excluding carboxylic acids is 1. The van der Waals surface area contributed by atoms with Gasteiger partial charge in [0.2, 0.25) is 0 Å². The fourth-order valence-corrected chi connectivity index (χ4v) is 4.04. The molecule has 0 bridgehead atoms. The molecule has 170 valence electrons. The third-order valence-electron chi connectivity index (χ3n) is 5.73. The molecule has 2 aliphatic heterocycles. The number of hydrogen-bond donors (Lipinski definition) is 2. The summed E-state index contributed by atoms with van der Waals surface area (Å²) in [5.74, 6) is -0.743. The molecule has 2 aromatic rings. The molecule has 2 atom stereocenters. The first kappa shape index (κ1) is 22.5. The Morgan fingerprint density at radius 1 is 1.19 bits per heavy atom. The summed E-state index contributed by atoms with van der Waals surface area (Å²) in [6.45, 7) is 3.41. The minimum Gasteiger partial charge on any atom is -0.379 e. The Bertz CT molecular complexity index is 916. The van der Waals surface area contributed by atoms with Crippen molar-refractivity contribution in [3.63, 3.8) is 0 Å². The van der Waals surface area contributed by atoms with Crippen LogP contribution >= 0.6 is 0 Å². The maximum Gasteiger partial charge on any atom is 0.267 e. The summed E-state index contributed by atoms with van der Waals surface area (Å²) in [4.78, 5) is 19.5. The van der Waals surface area contributed by atoms with E-state index in [4.69, 9.17) is 9.57 Å². The van der Waals surface area contributed by atoms with Gasteiger partial charge < -0.3 is 10.1 Å². The zero-order valence-corrected chi connectivity index (χ0v) is 18.1. The number of amides is 1. The van der Waals surface area contributed by atoms with Crippen molar-refractivity contribution < 1.29 is 18.8 Å². The van der Waals surface area contributed by atoms with Gasteiger partial charge in [0.1, 0.15) is 5.82 Å². The average molecular weight is 440 g/mol. The van der Waals surface area contributed by atoms with Crippen LogP contribution in [0, 0.1) is 5.82 Å². The largest absolute Gasteiger partial charge is 0.379 e. The summed E-state index contributed by atoms with van der Waals surface area (Å²) in [5, 5.41) is 3.32. The molecule has 1 amide bonds. The molecule has 2 aliphatic rings. The quantitative estimate of drug-likeness (QED) is 0.479. The first-order chi connectivity index (χ1) is 15.7. The Hall–Kier alpha value is -2.74. The highest BCUT2D eigenvalue weighted by Gasteiger charge is 2.23. The van der Waals surface area contributed by atoms with Crippen molar-refractivity contribution in [3.05, 3.63) is 71.6 Å². The van der Waals surface area contributed by atoms with Crippen molar-refractivity contribution in [2.24, 2.45) is 0 Å². The SMILES string of the molecule is O=C(/C=C/c1ccc(N[C@@H]2CCN(Cc3ccccc3)C2)c(F)c1)NOC1CCCCO1. The minimum atomic E-state index is -0.411. The maximum absolute atomic E-state index is 14.6. The molecule has 2 heterocycles. The molecule has 0 spiro atoms. The number of ether oxygens (including phenoxy) is 1. The lowest BCUT2D eigenvalue weighted by Gasteiger charge is -2.21. The Kier molecular flexibility index (Phi) is 7.87. The van der Waals surface area contributed by atoms with Crippen molar-refractivity contribution >= 4 is 17.7 Å². The van der Waals surface area contributed by atoms with Crippen LogP contribution in [0.1, 0.15) is 36.8 Å². The van der Waals surface area contributed by atoms with Crippen molar-refractivity contribution in [2.75, 3.05) is 25.0 Å². The van der Waals surface area contributed by atoms with Gasteiger partial charge in [-0.2, -0.15) is 0 Å². The molecular formula is C25H30FN3O3. The van der Waals surface area contributed by atoms with E-state index in [9.17, 15) is 9.18 Å². The molecule has 2 N–H and O–H groups in total. The number of benzene rings is 2. The van der Waals surface area contributed by atoms with Crippen LogP contribution in [0.25, 0.3) is 6.08 Å². The van der Waals surface area contributed by atoms with Crippen LogP contribution in [-0.4, -0.2) is 42.8 Å². The highest BCUT2D eigenvalue weighted by atomic mass is 19.1. The number of carbonyl (C=O) groups is 1. The molecule has 7 heteroatoms. The number of likely N-dealkylation sites (tertiary alicyclic amines) is 1. The summed E-state index contributed by atoms with van der Waals surface area (Å²) in [5.41, 5.74) is 4.73. The van der Waals surface area contributed by atoms with Crippen LogP contribution in [-0.2, 0) is 20.9 Å². The number of rotatable bonds is 8. The fraction of sp³-hybridized carbons (Fsp3) is 0.400. The van der Waals surface area contributed by atoms with Crippen molar-refractivity contribution in [2.45, 2.75) is 44.6 Å². The van der Waals surface area contributed by atoms with Gasteiger partial charge in [0.05, 0.1) is 5.69 Å². The van der Waals surface area contributed by atoms with Crippen LogP contribution in [0.4, 0.5) is 10.1 Å². The molecule has 2 saturated heterocycles. The first-order valence-corrected chi connectivity index (χ1v) is 11.2. The second-order valence-corrected chi connectivity index (χ2v) is 8.30. The second-order valence-electron chi connectivity index (χ2n) is 8.30. The van der Waals surface area contributed by atoms with Gasteiger partial charge in [0.15, 0.2) is 6.29 Å². The van der Waals surface area contributed by atoms with Gasteiger partial charge in [0.25, 0.3) is 5.91 Å². The van der Waals surface area contributed by atoms with E-state index in [2.05, 4.69) is 27.8 Å². The van der Waals surface area contributed by atoms with Crippen molar-refractivity contribution in [1.82, 2.24) is 10.4 Å². The highest BCUT2D eigenvalue weighted by molar-refractivity contribution is 5.91. The van der Waals surface area contributed by atoms with Gasteiger partial charge >= 0.3 is 0 Å². The number of hydroxylamine groups is 1. The minimum absolute atomic E-state index is 0.208. The van der Waals surface area contributed by atoms with E-state index in [0.29, 0.717) is 17.9 Å². The van der Waals surface area contributed by atoms with Crippen LogP contribution in [0.5, 0.6) is 0 Å². The number of nitrogens with zero attached hydrogens (tertiary/aromatic N) is 1. The second kappa shape index (κ2) is 11.2. The molecule has 0 aromatic heterocycles. The molecular weight excluding hydrogens is 409 g/mol. The van der Waals surface area contributed by atoms with Crippen LogP contribution in [0.2, 0.25) is 0 Å². The Balaban J connectivity index is 1.24. The predicted molar refractivity (Wildman–Crippen MR) is 122 cm³/mol.